The Morgan fingerprint density at radius 2 is 1.81 bits per heavy atom. The van der Waals surface area contributed by atoms with Crippen molar-refractivity contribution in [1.29, 1.82) is 0 Å². The molecule has 176 valence electrons. The van der Waals surface area contributed by atoms with E-state index in [0.717, 1.165) is 22.6 Å². The summed E-state index contributed by atoms with van der Waals surface area (Å²) in [7, 11) is 0. The number of hydrogen-bond acceptors (Lipinski definition) is 7. The first-order valence-corrected chi connectivity index (χ1v) is 10.4. The third-order valence-corrected chi connectivity index (χ3v) is 5.20. The van der Waals surface area contributed by atoms with Crippen molar-refractivity contribution in [1.82, 2.24) is 0 Å². The zero-order valence-electron chi connectivity index (χ0n) is 17.1. The third-order valence-electron chi connectivity index (χ3n) is 4.07. The van der Waals surface area contributed by atoms with Gasteiger partial charge in [0, 0.05) is 10.6 Å². The van der Waals surface area contributed by atoms with Gasteiger partial charge in [0.25, 0.3) is 0 Å². The van der Waals surface area contributed by atoms with Crippen LogP contribution in [0.1, 0.15) is 11.1 Å². The van der Waals surface area contributed by atoms with Crippen LogP contribution in [0.3, 0.4) is 0 Å². The molecule has 0 aromatic heterocycles. The highest BCUT2D eigenvalue weighted by Crippen LogP contribution is 2.30. The molecule has 0 aliphatic carbocycles. The Morgan fingerprint density at radius 1 is 1.09 bits per heavy atom. The number of aliphatic carboxylic acids is 1. The van der Waals surface area contributed by atoms with Crippen molar-refractivity contribution in [3.8, 4) is 11.5 Å². The molecule has 0 aliphatic heterocycles. The van der Waals surface area contributed by atoms with Crippen LogP contribution >= 0.6 is 11.8 Å². The van der Waals surface area contributed by atoms with Crippen molar-refractivity contribution in [2.24, 2.45) is 0 Å². The van der Waals surface area contributed by atoms with E-state index in [1.54, 1.807) is 6.07 Å². The number of carbonyl (C=O) groups is 1. The Kier molecular flexibility index (Phi) is 10.1. The summed E-state index contributed by atoms with van der Waals surface area (Å²) >= 11 is 1.41. The Labute approximate surface area is 187 Å². The number of thioether (sulfide) groups is 1. The molecule has 0 bridgehead atoms. The van der Waals surface area contributed by atoms with E-state index < -0.39 is 30.4 Å². The summed E-state index contributed by atoms with van der Waals surface area (Å²) in [6.45, 7) is 1.52. The molecule has 11 heteroatoms. The van der Waals surface area contributed by atoms with E-state index in [1.165, 1.54) is 23.9 Å². The zero-order valence-corrected chi connectivity index (χ0v) is 17.9. The molecule has 0 spiro atoms. The predicted octanol–water partition coefficient (Wildman–Crippen LogP) is 4.52. The van der Waals surface area contributed by atoms with E-state index in [0.29, 0.717) is 11.5 Å². The average Bonchev–Trinajstić information content (AvgIpc) is 2.74. The Morgan fingerprint density at radius 3 is 2.41 bits per heavy atom. The number of carboxylic acid groups (broad SMARTS) is 1. The quantitative estimate of drug-likeness (QED) is 0.189. The molecule has 2 N–H and O–H groups in total. The summed E-state index contributed by atoms with van der Waals surface area (Å²) in [4.78, 5) is 15.7. The normalized spacial score (nSPS) is 12.4. The number of halogens is 3. The summed E-state index contributed by atoms with van der Waals surface area (Å²) in [5.74, 6) is 0.0666. The summed E-state index contributed by atoms with van der Waals surface area (Å²) in [6, 6.07) is 9.69. The fourth-order valence-electron chi connectivity index (χ4n) is 2.51. The largest absolute Gasteiger partial charge is 0.491 e. The van der Waals surface area contributed by atoms with Crippen LogP contribution in [0, 0.1) is 6.92 Å². The molecule has 0 saturated carbocycles. The fourth-order valence-corrected chi connectivity index (χ4v) is 3.51. The van der Waals surface area contributed by atoms with Crippen molar-refractivity contribution in [2.45, 2.75) is 24.1 Å². The Balaban J connectivity index is 1.94. The van der Waals surface area contributed by atoms with Gasteiger partial charge in [-0.15, -0.1) is 11.8 Å². The number of benzene rings is 2. The van der Waals surface area contributed by atoms with Crippen molar-refractivity contribution in [3.63, 3.8) is 0 Å². The lowest BCUT2D eigenvalue weighted by Crippen LogP contribution is -2.27. The van der Waals surface area contributed by atoms with Crippen molar-refractivity contribution < 1.29 is 47.4 Å². The molecule has 0 heterocycles. The summed E-state index contributed by atoms with van der Waals surface area (Å²) in [5.41, 5.74) is 0.0720. The van der Waals surface area contributed by atoms with Crippen LogP contribution in [0.2, 0.25) is 0 Å². The van der Waals surface area contributed by atoms with E-state index in [4.69, 9.17) is 24.6 Å². The van der Waals surface area contributed by atoms with Gasteiger partial charge >= 0.3 is 12.1 Å². The zero-order chi connectivity index (χ0) is 23.6. The lowest BCUT2D eigenvalue weighted by Gasteiger charge is -2.18. The van der Waals surface area contributed by atoms with Gasteiger partial charge in [-0.2, -0.15) is 13.2 Å². The van der Waals surface area contributed by atoms with Gasteiger partial charge in [0.1, 0.15) is 44.0 Å². The number of carboxylic acids is 1. The molecule has 0 amide bonds. The highest BCUT2D eigenvalue weighted by molar-refractivity contribution is 7.99. The van der Waals surface area contributed by atoms with Gasteiger partial charge in [-0.05, 0) is 55.0 Å². The van der Waals surface area contributed by atoms with Crippen molar-refractivity contribution >= 4 is 17.7 Å². The van der Waals surface area contributed by atoms with E-state index >= 15 is 0 Å². The van der Waals surface area contributed by atoms with E-state index in [-0.39, 0.29) is 25.6 Å². The summed E-state index contributed by atoms with van der Waals surface area (Å²) < 4.78 is 54.3. The van der Waals surface area contributed by atoms with Gasteiger partial charge in [0.05, 0.1) is 5.56 Å². The first-order chi connectivity index (χ1) is 15.2. The van der Waals surface area contributed by atoms with Crippen molar-refractivity contribution in [3.05, 3.63) is 53.6 Å². The molecule has 0 saturated heterocycles. The predicted molar refractivity (Wildman–Crippen MR) is 110 cm³/mol. The highest BCUT2D eigenvalue weighted by Gasteiger charge is 2.30. The number of rotatable bonds is 13. The maximum absolute atomic E-state index is 12.7. The molecule has 2 aromatic carbocycles. The van der Waals surface area contributed by atoms with Crippen LogP contribution in [0.4, 0.5) is 13.2 Å². The Bertz CT molecular complexity index is 859. The summed E-state index contributed by atoms with van der Waals surface area (Å²) in [5, 5.41) is 17.2. The monoisotopic (exact) mass is 476 g/mol. The standard InChI is InChI=1S/C21H23F3O7S/c1-14-10-18(6-7-19(14)28-8-9-31-27)32-13-17(30-12-20(25)26)11-29-16-4-2-15(3-5-16)21(22,23)24/h2-7,10,17,27H,8-9,11-13H2,1H3,(H,25,26). The molecule has 1 atom stereocenters. The highest BCUT2D eigenvalue weighted by atomic mass is 32.2. The second kappa shape index (κ2) is 12.5. The molecule has 32 heavy (non-hydrogen) atoms. The van der Waals surface area contributed by atoms with E-state index in [1.807, 2.05) is 19.1 Å². The number of ether oxygens (including phenoxy) is 3. The van der Waals surface area contributed by atoms with Gasteiger partial charge in [0.2, 0.25) is 0 Å². The first-order valence-electron chi connectivity index (χ1n) is 9.45. The molecule has 0 fully saturated rings. The molecular formula is C21H23F3O7S. The average molecular weight is 476 g/mol. The van der Waals surface area contributed by atoms with E-state index in [2.05, 4.69) is 4.89 Å². The molecule has 0 radical (unpaired) electrons. The maximum Gasteiger partial charge on any atom is 0.416 e. The molecule has 2 aromatic rings. The Hall–Kier alpha value is -2.47. The van der Waals surface area contributed by atoms with Crippen LogP contribution in [0.5, 0.6) is 11.5 Å². The smallest absolute Gasteiger partial charge is 0.416 e. The van der Waals surface area contributed by atoms with Gasteiger partial charge in [0.15, 0.2) is 0 Å². The maximum atomic E-state index is 12.7. The molecular weight excluding hydrogens is 453 g/mol. The number of hydrogen-bond donors (Lipinski definition) is 2. The SMILES string of the molecule is Cc1cc(SCC(COc2ccc(C(F)(F)F)cc2)OCC(=O)O)ccc1OCCOO. The molecule has 0 aliphatic rings. The minimum Gasteiger partial charge on any atom is -0.491 e. The molecule has 7 nitrogen and oxygen atoms in total. The summed E-state index contributed by atoms with van der Waals surface area (Å²) in [6.07, 6.45) is -5.05. The van der Waals surface area contributed by atoms with Gasteiger partial charge in [-0.1, -0.05) is 0 Å². The van der Waals surface area contributed by atoms with Crippen LogP contribution in [0.15, 0.2) is 47.4 Å². The number of alkyl halides is 3. The van der Waals surface area contributed by atoms with Gasteiger partial charge in [-0.25, -0.2) is 9.68 Å². The second-order valence-corrected chi connectivity index (χ2v) is 7.67. The lowest BCUT2D eigenvalue weighted by atomic mass is 10.2. The third kappa shape index (κ3) is 8.95. The lowest BCUT2D eigenvalue weighted by molar-refractivity contribution is -0.245. The first kappa shape index (κ1) is 25.8. The fraction of sp³-hybridized carbons (Fsp3) is 0.381. The van der Waals surface area contributed by atoms with Crippen LogP contribution in [-0.2, 0) is 20.6 Å². The minimum atomic E-state index is -4.44. The second-order valence-electron chi connectivity index (χ2n) is 6.58. The van der Waals surface area contributed by atoms with Gasteiger partial charge < -0.3 is 19.3 Å². The van der Waals surface area contributed by atoms with Crippen molar-refractivity contribution in [2.75, 3.05) is 32.2 Å². The molecule has 2 rings (SSSR count). The van der Waals surface area contributed by atoms with Crippen LogP contribution in [0.25, 0.3) is 0 Å². The van der Waals surface area contributed by atoms with Crippen LogP contribution < -0.4 is 9.47 Å². The topological polar surface area (TPSA) is 94.5 Å². The van der Waals surface area contributed by atoms with Crippen LogP contribution in [-0.4, -0.2) is 54.6 Å². The molecule has 1 unspecified atom stereocenters. The van der Waals surface area contributed by atoms with Gasteiger partial charge in [-0.3, -0.25) is 5.26 Å². The van der Waals surface area contributed by atoms with E-state index in [9.17, 15) is 18.0 Å². The minimum absolute atomic E-state index is 0.0347. The number of aryl methyl sites for hydroxylation is 1.